The SMILES string of the molecule is COc1cc(C2c3c(oc4ccccc4c3=O)C(=O)N2c2nc(C)c(C)s2)cc(Br)c1O. The summed E-state index contributed by atoms with van der Waals surface area (Å²) in [6.07, 6.45) is 0. The van der Waals surface area contributed by atoms with Crippen molar-refractivity contribution < 1.29 is 19.1 Å². The van der Waals surface area contributed by atoms with Gasteiger partial charge >= 0.3 is 0 Å². The number of para-hydroxylation sites is 1. The highest BCUT2D eigenvalue weighted by molar-refractivity contribution is 9.10. The molecule has 7 nitrogen and oxygen atoms in total. The van der Waals surface area contributed by atoms with E-state index >= 15 is 0 Å². The number of carbonyl (C=O) groups excluding carboxylic acids is 1. The smallest absolute Gasteiger partial charge is 0.297 e. The molecule has 1 atom stereocenters. The fraction of sp³-hybridized carbons (Fsp3) is 0.174. The third-order valence-electron chi connectivity index (χ3n) is 5.59. The number of ether oxygens (including phenoxy) is 1. The first-order valence-electron chi connectivity index (χ1n) is 9.71. The third kappa shape index (κ3) is 2.96. The lowest BCUT2D eigenvalue weighted by Crippen LogP contribution is -2.29. The average molecular weight is 513 g/mol. The number of phenols is 1. The molecule has 4 aromatic rings. The van der Waals surface area contributed by atoms with Crippen LogP contribution in [0.25, 0.3) is 11.0 Å². The number of benzene rings is 2. The highest BCUT2D eigenvalue weighted by Gasteiger charge is 2.45. The van der Waals surface area contributed by atoms with Gasteiger partial charge in [-0.15, -0.1) is 11.3 Å². The molecule has 0 fully saturated rings. The van der Waals surface area contributed by atoms with Gasteiger partial charge in [-0.1, -0.05) is 12.1 Å². The highest BCUT2D eigenvalue weighted by Crippen LogP contribution is 2.46. The van der Waals surface area contributed by atoms with E-state index in [9.17, 15) is 14.7 Å². The summed E-state index contributed by atoms with van der Waals surface area (Å²) in [4.78, 5) is 34.2. The summed E-state index contributed by atoms with van der Waals surface area (Å²) in [5, 5.41) is 11.1. The van der Waals surface area contributed by atoms with Gasteiger partial charge in [-0.25, -0.2) is 4.98 Å². The largest absolute Gasteiger partial charge is 0.503 e. The number of methoxy groups -OCH3 is 1. The number of carbonyl (C=O) groups is 1. The summed E-state index contributed by atoms with van der Waals surface area (Å²) in [7, 11) is 1.44. The van der Waals surface area contributed by atoms with Gasteiger partial charge in [0.25, 0.3) is 5.91 Å². The zero-order valence-electron chi connectivity index (χ0n) is 17.3. The van der Waals surface area contributed by atoms with Gasteiger partial charge in [-0.3, -0.25) is 14.5 Å². The van der Waals surface area contributed by atoms with Crippen molar-refractivity contribution in [1.82, 2.24) is 4.98 Å². The van der Waals surface area contributed by atoms with Gasteiger partial charge < -0.3 is 14.3 Å². The van der Waals surface area contributed by atoms with Crippen LogP contribution in [-0.4, -0.2) is 23.1 Å². The maximum atomic E-state index is 13.6. The number of aromatic hydroxyl groups is 1. The Morgan fingerprint density at radius 1 is 1.22 bits per heavy atom. The number of anilines is 1. The Morgan fingerprint density at radius 2 is 1.97 bits per heavy atom. The minimum Gasteiger partial charge on any atom is -0.503 e. The molecule has 1 aliphatic rings. The van der Waals surface area contributed by atoms with Crippen molar-refractivity contribution in [3.63, 3.8) is 0 Å². The van der Waals surface area contributed by atoms with E-state index in [4.69, 9.17) is 9.15 Å². The van der Waals surface area contributed by atoms with Crippen molar-refractivity contribution in [2.45, 2.75) is 19.9 Å². The number of phenolic OH excluding ortho intramolecular Hbond substituents is 1. The van der Waals surface area contributed by atoms with E-state index in [2.05, 4.69) is 20.9 Å². The van der Waals surface area contributed by atoms with Crippen LogP contribution in [0.3, 0.4) is 0 Å². The number of hydrogen-bond donors (Lipinski definition) is 1. The summed E-state index contributed by atoms with van der Waals surface area (Å²) >= 11 is 4.71. The zero-order chi connectivity index (χ0) is 22.7. The lowest BCUT2D eigenvalue weighted by Gasteiger charge is -2.23. The Labute approximate surface area is 195 Å². The van der Waals surface area contributed by atoms with Crippen LogP contribution < -0.4 is 15.1 Å². The number of hydrogen-bond acceptors (Lipinski definition) is 7. The van der Waals surface area contributed by atoms with Crippen LogP contribution in [-0.2, 0) is 0 Å². The fourth-order valence-electron chi connectivity index (χ4n) is 3.90. The monoisotopic (exact) mass is 512 g/mol. The third-order valence-corrected chi connectivity index (χ3v) is 7.26. The van der Waals surface area contributed by atoms with Crippen molar-refractivity contribution in [2.24, 2.45) is 0 Å². The van der Waals surface area contributed by atoms with Crippen molar-refractivity contribution >= 4 is 49.3 Å². The number of rotatable bonds is 3. The van der Waals surface area contributed by atoms with Crippen LogP contribution in [0.4, 0.5) is 5.13 Å². The quantitative estimate of drug-likeness (QED) is 0.410. The number of amides is 1. The number of aromatic nitrogens is 1. The molecule has 2 aromatic carbocycles. The molecule has 0 saturated carbocycles. The maximum absolute atomic E-state index is 13.6. The van der Waals surface area contributed by atoms with Gasteiger partial charge in [0, 0.05) is 4.88 Å². The van der Waals surface area contributed by atoms with Gasteiger partial charge in [-0.05, 0) is 59.6 Å². The lowest BCUT2D eigenvalue weighted by atomic mass is 9.98. The first kappa shape index (κ1) is 20.7. The molecule has 5 rings (SSSR count). The van der Waals surface area contributed by atoms with Crippen molar-refractivity contribution in [3.05, 3.63) is 78.6 Å². The normalized spacial score (nSPS) is 15.4. The molecule has 0 saturated heterocycles. The molecule has 0 spiro atoms. The van der Waals surface area contributed by atoms with Crippen LogP contribution in [0.5, 0.6) is 11.5 Å². The number of nitrogens with zero attached hydrogens (tertiary/aromatic N) is 2. The fourth-order valence-corrected chi connectivity index (χ4v) is 5.29. The summed E-state index contributed by atoms with van der Waals surface area (Å²) in [6, 6.07) is 9.33. The van der Waals surface area contributed by atoms with Crippen molar-refractivity contribution in [3.8, 4) is 11.5 Å². The first-order chi connectivity index (χ1) is 15.3. The molecular formula is C23H17BrN2O5S. The molecule has 0 radical (unpaired) electrons. The van der Waals surface area contributed by atoms with E-state index in [1.807, 2.05) is 13.8 Å². The first-order valence-corrected chi connectivity index (χ1v) is 11.3. The van der Waals surface area contributed by atoms with E-state index in [1.165, 1.54) is 23.3 Å². The Kier molecular flexibility index (Phi) is 4.83. The molecule has 1 aliphatic heterocycles. The van der Waals surface area contributed by atoms with Crippen LogP contribution in [0.1, 0.15) is 38.3 Å². The Bertz CT molecular complexity index is 1460. The summed E-state index contributed by atoms with van der Waals surface area (Å²) in [5.74, 6) is -0.303. The van der Waals surface area contributed by atoms with E-state index in [0.717, 1.165) is 10.6 Å². The minimum absolute atomic E-state index is 0.00706. The average Bonchev–Trinajstić information content (AvgIpc) is 3.26. The van der Waals surface area contributed by atoms with Crippen LogP contribution in [0.15, 0.2) is 50.1 Å². The van der Waals surface area contributed by atoms with E-state index in [1.54, 1.807) is 36.4 Å². The van der Waals surface area contributed by atoms with Crippen LogP contribution in [0.2, 0.25) is 0 Å². The molecule has 32 heavy (non-hydrogen) atoms. The van der Waals surface area contributed by atoms with Crippen LogP contribution >= 0.6 is 27.3 Å². The van der Waals surface area contributed by atoms with Gasteiger partial charge in [0.05, 0.1) is 34.3 Å². The summed E-state index contributed by atoms with van der Waals surface area (Å²) in [6.45, 7) is 3.80. The molecule has 2 aromatic heterocycles. The number of thiazole rings is 1. The van der Waals surface area contributed by atoms with Gasteiger partial charge in [0.15, 0.2) is 22.1 Å². The van der Waals surface area contributed by atoms with Gasteiger partial charge in [0.1, 0.15) is 5.58 Å². The minimum atomic E-state index is -0.797. The topological polar surface area (TPSA) is 92.9 Å². The van der Waals surface area contributed by atoms with E-state index in [-0.39, 0.29) is 28.3 Å². The Hall–Kier alpha value is -3.17. The predicted octanol–water partition coefficient (Wildman–Crippen LogP) is 5.09. The predicted molar refractivity (Wildman–Crippen MR) is 125 cm³/mol. The second kappa shape index (κ2) is 7.46. The highest BCUT2D eigenvalue weighted by atomic mass is 79.9. The second-order valence-corrected chi connectivity index (χ2v) is 9.48. The second-order valence-electron chi connectivity index (χ2n) is 7.44. The Balaban J connectivity index is 1.84. The maximum Gasteiger partial charge on any atom is 0.297 e. The van der Waals surface area contributed by atoms with Gasteiger partial charge in [0.2, 0.25) is 5.76 Å². The van der Waals surface area contributed by atoms with E-state index < -0.39 is 11.9 Å². The van der Waals surface area contributed by atoms with Crippen molar-refractivity contribution in [2.75, 3.05) is 12.0 Å². The zero-order valence-corrected chi connectivity index (χ0v) is 19.7. The number of halogens is 1. The Morgan fingerprint density at radius 3 is 2.66 bits per heavy atom. The molecule has 3 heterocycles. The molecule has 0 bridgehead atoms. The van der Waals surface area contributed by atoms with E-state index in [0.29, 0.717) is 26.1 Å². The number of aryl methyl sites for hydroxylation is 2. The van der Waals surface area contributed by atoms with Gasteiger partial charge in [-0.2, -0.15) is 0 Å². The molecule has 1 unspecified atom stereocenters. The lowest BCUT2D eigenvalue weighted by molar-refractivity contribution is 0.0971. The van der Waals surface area contributed by atoms with Crippen LogP contribution in [0, 0.1) is 13.8 Å². The molecule has 1 N–H and O–H groups in total. The van der Waals surface area contributed by atoms with Crippen molar-refractivity contribution in [1.29, 1.82) is 0 Å². The molecule has 1 amide bonds. The number of fused-ring (bicyclic) bond motifs is 2. The standard InChI is InChI=1S/C23H17BrN2O5S/c1-10-11(2)32-23(25-10)26-18(12-8-14(24)20(28)16(9-12)30-3)17-19(27)13-6-4-5-7-15(13)31-21(17)22(26)29/h4-9,18,28H,1-3H3. The molecule has 0 aliphatic carbocycles. The molecule has 9 heteroatoms. The summed E-state index contributed by atoms with van der Waals surface area (Å²) < 4.78 is 11.6. The summed E-state index contributed by atoms with van der Waals surface area (Å²) in [5.41, 5.74) is 1.68. The molecular weight excluding hydrogens is 496 g/mol. The molecule has 162 valence electrons.